The molecule has 0 radical (unpaired) electrons. The van der Waals surface area contributed by atoms with Gasteiger partial charge in [-0.1, -0.05) is 41.4 Å². The summed E-state index contributed by atoms with van der Waals surface area (Å²) in [5, 5.41) is 3.36. The molecule has 0 aromatic heterocycles. The number of nitrogens with one attached hydrogen (secondary N) is 1. The maximum atomic E-state index is 12.4. The van der Waals surface area contributed by atoms with E-state index >= 15 is 0 Å². The van der Waals surface area contributed by atoms with Crippen LogP contribution < -0.4 is 9.62 Å². The van der Waals surface area contributed by atoms with Crippen LogP contribution in [0.2, 0.25) is 10.0 Å². The van der Waals surface area contributed by atoms with E-state index in [4.69, 9.17) is 27.9 Å². The van der Waals surface area contributed by atoms with E-state index in [1.165, 1.54) is 4.31 Å². The van der Waals surface area contributed by atoms with Crippen molar-refractivity contribution in [1.82, 2.24) is 10.2 Å². The summed E-state index contributed by atoms with van der Waals surface area (Å²) in [7, 11) is -3.61. The topological polar surface area (TPSA) is 79.0 Å². The first kappa shape index (κ1) is 23.8. The lowest BCUT2D eigenvalue weighted by Gasteiger charge is -2.26. The molecule has 0 unspecified atom stereocenters. The summed E-state index contributed by atoms with van der Waals surface area (Å²) in [6.45, 7) is 4.58. The zero-order valence-electron chi connectivity index (χ0n) is 17.2. The maximum Gasteiger partial charge on any atom is 0.251 e. The summed E-state index contributed by atoms with van der Waals surface area (Å²) in [6, 6.07) is 11.7. The van der Waals surface area contributed by atoms with Crippen LogP contribution in [0, 0.1) is 0 Å². The number of nitrogens with zero attached hydrogens (tertiary/aromatic N) is 2. The normalized spacial score (nSPS) is 14.9. The molecule has 31 heavy (non-hydrogen) atoms. The molecule has 0 saturated carbocycles. The number of anilines is 1. The van der Waals surface area contributed by atoms with Crippen LogP contribution in [0.15, 0.2) is 42.5 Å². The quantitative estimate of drug-likeness (QED) is 0.621. The average molecular weight is 486 g/mol. The molecule has 7 nitrogen and oxygen atoms in total. The second kappa shape index (κ2) is 10.7. The molecule has 168 valence electrons. The van der Waals surface area contributed by atoms with E-state index in [9.17, 15) is 13.2 Å². The Hall–Kier alpha value is -1.84. The minimum absolute atomic E-state index is 0.0673. The third-order valence-electron chi connectivity index (χ3n) is 4.96. The molecule has 1 aliphatic rings. The van der Waals surface area contributed by atoms with Gasteiger partial charge in [-0.3, -0.25) is 14.0 Å². The van der Waals surface area contributed by atoms with Gasteiger partial charge in [0.25, 0.3) is 5.91 Å². The van der Waals surface area contributed by atoms with Crippen molar-refractivity contribution in [2.45, 2.75) is 6.54 Å². The first-order valence-corrected chi connectivity index (χ1v) is 12.4. The van der Waals surface area contributed by atoms with Gasteiger partial charge in [-0.25, -0.2) is 8.42 Å². The third-order valence-corrected chi connectivity index (χ3v) is 6.90. The van der Waals surface area contributed by atoms with Gasteiger partial charge in [-0.2, -0.15) is 0 Å². The van der Waals surface area contributed by atoms with Crippen molar-refractivity contribution in [1.29, 1.82) is 0 Å². The van der Waals surface area contributed by atoms with Gasteiger partial charge in [0.2, 0.25) is 10.0 Å². The van der Waals surface area contributed by atoms with Crippen LogP contribution in [0.5, 0.6) is 0 Å². The van der Waals surface area contributed by atoms with Gasteiger partial charge in [0.15, 0.2) is 0 Å². The van der Waals surface area contributed by atoms with Crippen molar-refractivity contribution in [3.05, 3.63) is 63.6 Å². The summed E-state index contributed by atoms with van der Waals surface area (Å²) < 4.78 is 31.2. The van der Waals surface area contributed by atoms with Gasteiger partial charge in [-0.15, -0.1) is 0 Å². The number of morpholine rings is 1. The molecule has 0 spiro atoms. The van der Waals surface area contributed by atoms with E-state index in [0.29, 0.717) is 23.4 Å². The fourth-order valence-corrected chi connectivity index (χ4v) is 4.59. The highest BCUT2D eigenvalue weighted by Crippen LogP contribution is 2.34. The number of rotatable bonds is 8. The molecule has 1 amide bonds. The van der Waals surface area contributed by atoms with E-state index < -0.39 is 10.0 Å². The highest BCUT2D eigenvalue weighted by atomic mass is 35.5. The van der Waals surface area contributed by atoms with Crippen LogP contribution in [-0.2, 0) is 21.3 Å². The molecule has 0 aliphatic carbocycles. The van der Waals surface area contributed by atoms with E-state index in [1.54, 1.807) is 42.5 Å². The van der Waals surface area contributed by atoms with Crippen molar-refractivity contribution < 1.29 is 17.9 Å². The van der Waals surface area contributed by atoms with Crippen molar-refractivity contribution in [3.8, 4) is 0 Å². The van der Waals surface area contributed by atoms with Crippen LogP contribution in [0.25, 0.3) is 0 Å². The maximum absolute atomic E-state index is 12.4. The van der Waals surface area contributed by atoms with E-state index in [2.05, 4.69) is 10.2 Å². The lowest BCUT2D eigenvalue weighted by molar-refractivity contribution is 0.0383. The van der Waals surface area contributed by atoms with Crippen LogP contribution >= 0.6 is 23.2 Å². The summed E-state index contributed by atoms with van der Waals surface area (Å²) in [5.41, 5.74) is 1.53. The Labute approximate surface area is 192 Å². The highest BCUT2D eigenvalue weighted by Gasteiger charge is 2.21. The number of hydrogen-bond donors (Lipinski definition) is 1. The van der Waals surface area contributed by atoms with Crippen LogP contribution in [0.1, 0.15) is 15.9 Å². The number of halogens is 2. The molecular weight excluding hydrogens is 461 g/mol. The summed E-state index contributed by atoms with van der Waals surface area (Å²) in [4.78, 5) is 14.6. The number of ether oxygens (including phenoxy) is 1. The van der Waals surface area contributed by atoms with Crippen LogP contribution in [0.4, 0.5) is 5.69 Å². The Morgan fingerprint density at radius 3 is 2.45 bits per heavy atom. The Balaban J connectivity index is 1.64. The van der Waals surface area contributed by atoms with E-state index in [1.807, 2.05) is 0 Å². The lowest BCUT2D eigenvalue weighted by Crippen LogP contribution is -2.41. The molecule has 0 atom stereocenters. The second-order valence-electron chi connectivity index (χ2n) is 7.25. The van der Waals surface area contributed by atoms with Gasteiger partial charge >= 0.3 is 0 Å². The second-order valence-corrected chi connectivity index (χ2v) is 9.94. The Morgan fingerprint density at radius 2 is 1.81 bits per heavy atom. The molecule has 2 aromatic carbocycles. The van der Waals surface area contributed by atoms with Gasteiger partial charge in [0.1, 0.15) is 0 Å². The number of carbonyl (C=O) groups excluding carboxylic acids is 1. The molecule has 2 aromatic rings. The van der Waals surface area contributed by atoms with Gasteiger partial charge in [-0.05, 0) is 29.8 Å². The lowest BCUT2D eigenvalue weighted by atomic mass is 10.1. The van der Waals surface area contributed by atoms with E-state index in [-0.39, 0.29) is 22.5 Å². The molecule has 1 aliphatic heterocycles. The third kappa shape index (κ3) is 6.57. The molecule has 10 heteroatoms. The zero-order valence-corrected chi connectivity index (χ0v) is 19.5. The highest BCUT2D eigenvalue weighted by molar-refractivity contribution is 7.92. The van der Waals surface area contributed by atoms with Crippen molar-refractivity contribution >= 4 is 44.8 Å². The molecule has 1 heterocycles. The summed E-state index contributed by atoms with van der Waals surface area (Å²) in [6.07, 6.45) is 1.11. The molecule has 1 N–H and O–H groups in total. The van der Waals surface area contributed by atoms with Crippen LogP contribution in [0.3, 0.4) is 0 Å². The molecule has 0 bridgehead atoms. The van der Waals surface area contributed by atoms with E-state index in [0.717, 1.165) is 39.1 Å². The van der Waals surface area contributed by atoms with Crippen molar-refractivity contribution in [2.75, 3.05) is 50.0 Å². The smallest absolute Gasteiger partial charge is 0.251 e. The molecular formula is C21H25Cl2N3O4S. The molecule has 1 saturated heterocycles. The summed E-state index contributed by atoms with van der Waals surface area (Å²) in [5.74, 6) is -0.169. The van der Waals surface area contributed by atoms with Gasteiger partial charge in [0, 0.05) is 31.7 Å². The Bertz CT molecular complexity index is 1010. The minimum Gasteiger partial charge on any atom is -0.379 e. The molecule has 1 fully saturated rings. The number of sulfonamides is 1. The minimum atomic E-state index is -3.61. The van der Waals surface area contributed by atoms with Crippen molar-refractivity contribution in [2.24, 2.45) is 0 Å². The largest absolute Gasteiger partial charge is 0.379 e. The first-order valence-electron chi connectivity index (χ1n) is 9.84. The van der Waals surface area contributed by atoms with Crippen molar-refractivity contribution in [3.63, 3.8) is 0 Å². The first-order chi connectivity index (χ1) is 14.8. The standard InChI is InChI=1S/C21H25Cl2N3O4S/c1-31(28,29)26(19-4-2-3-18(22)20(19)23)15-16-5-7-17(8-6-16)21(27)24-9-10-25-11-13-30-14-12-25/h2-8H,9-15H2,1H3,(H,24,27). The monoisotopic (exact) mass is 485 g/mol. The zero-order chi connectivity index (χ0) is 22.4. The Morgan fingerprint density at radius 1 is 1.13 bits per heavy atom. The summed E-state index contributed by atoms with van der Waals surface area (Å²) >= 11 is 12.3. The van der Waals surface area contributed by atoms with Gasteiger partial charge < -0.3 is 10.1 Å². The Kier molecular flexibility index (Phi) is 8.18. The SMILES string of the molecule is CS(=O)(=O)N(Cc1ccc(C(=O)NCCN2CCOCC2)cc1)c1cccc(Cl)c1Cl. The van der Waals surface area contributed by atoms with Crippen LogP contribution in [-0.4, -0.2) is 64.9 Å². The fourth-order valence-electron chi connectivity index (χ4n) is 3.25. The molecule has 3 rings (SSSR count). The average Bonchev–Trinajstić information content (AvgIpc) is 2.74. The number of amides is 1. The number of hydrogen-bond acceptors (Lipinski definition) is 5. The predicted molar refractivity (Wildman–Crippen MR) is 124 cm³/mol. The number of benzene rings is 2. The predicted octanol–water partition coefficient (Wildman–Crippen LogP) is 3.02. The fraction of sp³-hybridized carbons (Fsp3) is 0.381. The van der Waals surface area contributed by atoms with Gasteiger partial charge in [0.05, 0.1) is 41.7 Å². The number of carbonyl (C=O) groups is 1.